The second-order valence-electron chi connectivity index (χ2n) is 7.61. The van der Waals surface area contributed by atoms with Crippen LogP contribution in [0.5, 0.6) is 0 Å². The number of fused-ring (bicyclic) bond motifs is 1. The van der Waals surface area contributed by atoms with Gasteiger partial charge in [-0.15, -0.1) is 0 Å². The highest BCUT2D eigenvalue weighted by Crippen LogP contribution is 2.27. The van der Waals surface area contributed by atoms with Crippen LogP contribution in [0.15, 0.2) is 97.1 Å². The Morgan fingerprint density at radius 1 is 0.677 bits per heavy atom. The zero-order valence-corrected chi connectivity index (χ0v) is 17.0. The van der Waals surface area contributed by atoms with Crippen LogP contribution in [0.3, 0.4) is 0 Å². The van der Waals surface area contributed by atoms with Gasteiger partial charge in [0.15, 0.2) is 0 Å². The van der Waals surface area contributed by atoms with Gasteiger partial charge in [-0.25, -0.2) is 9.37 Å². The van der Waals surface area contributed by atoms with Gasteiger partial charge >= 0.3 is 0 Å². The third-order valence-electron chi connectivity index (χ3n) is 5.37. The van der Waals surface area contributed by atoms with Crippen molar-refractivity contribution in [3.8, 4) is 22.5 Å². The highest BCUT2D eigenvalue weighted by atomic mass is 19.1. The number of nitrogens with one attached hydrogen (secondary N) is 2. The fraction of sp³-hybridized carbons (Fsp3) is 0.0741. The van der Waals surface area contributed by atoms with E-state index < -0.39 is 0 Å². The van der Waals surface area contributed by atoms with Crippen molar-refractivity contribution >= 4 is 11.0 Å². The number of nitrogens with zero attached hydrogens (tertiary/aromatic N) is 1. The summed E-state index contributed by atoms with van der Waals surface area (Å²) in [5.41, 5.74) is 7.23. The van der Waals surface area contributed by atoms with E-state index in [2.05, 4.69) is 75.9 Å². The van der Waals surface area contributed by atoms with Crippen LogP contribution in [0.1, 0.15) is 11.1 Å². The predicted molar refractivity (Wildman–Crippen MR) is 124 cm³/mol. The molecule has 5 rings (SSSR count). The average molecular weight is 407 g/mol. The largest absolute Gasteiger partial charge is 0.338 e. The van der Waals surface area contributed by atoms with Crippen LogP contribution in [0.25, 0.3) is 33.5 Å². The van der Waals surface area contributed by atoms with Crippen molar-refractivity contribution in [2.75, 3.05) is 0 Å². The maximum absolute atomic E-state index is 13.5. The summed E-state index contributed by atoms with van der Waals surface area (Å²) in [5, 5.41) is 3.49. The quantitative estimate of drug-likeness (QED) is 0.345. The minimum atomic E-state index is -0.269. The van der Waals surface area contributed by atoms with E-state index in [1.807, 2.05) is 18.2 Å². The molecule has 4 heteroatoms. The van der Waals surface area contributed by atoms with Gasteiger partial charge < -0.3 is 10.3 Å². The molecule has 152 valence electrons. The first-order chi connectivity index (χ1) is 15.2. The third-order valence-corrected chi connectivity index (χ3v) is 5.37. The molecule has 3 nitrogen and oxygen atoms in total. The molecule has 0 aliphatic carbocycles. The van der Waals surface area contributed by atoms with E-state index in [4.69, 9.17) is 0 Å². The van der Waals surface area contributed by atoms with E-state index in [0.29, 0.717) is 5.52 Å². The zero-order chi connectivity index (χ0) is 21.0. The van der Waals surface area contributed by atoms with Gasteiger partial charge in [-0.05, 0) is 46.5 Å². The van der Waals surface area contributed by atoms with E-state index in [0.717, 1.165) is 41.1 Å². The molecular formula is C27H22FN3. The zero-order valence-electron chi connectivity index (χ0n) is 17.0. The number of aromatic nitrogens is 2. The summed E-state index contributed by atoms with van der Waals surface area (Å²) in [7, 11) is 0. The summed E-state index contributed by atoms with van der Waals surface area (Å²) in [6.07, 6.45) is 0. The van der Waals surface area contributed by atoms with Crippen molar-refractivity contribution in [2.24, 2.45) is 0 Å². The SMILES string of the molecule is Fc1ccc2nc(-c3cccc(-c4ccc(CNCc5ccccc5)cc4)c3)[nH]c2c1. The van der Waals surface area contributed by atoms with Crippen LogP contribution < -0.4 is 5.32 Å². The van der Waals surface area contributed by atoms with Gasteiger partial charge in [-0.1, -0.05) is 72.8 Å². The first kappa shape index (κ1) is 19.2. The van der Waals surface area contributed by atoms with Gasteiger partial charge in [0.1, 0.15) is 11.6 Å². The maximum atomic E-state index is 13.5. The van der Waals surface area contributed by atoms with Crippen LogP contribution in [0.2, 0.25) is 0 Å². The maximum Gasteiger partial charge on any atom is 0.138 e. The molecule has 0 aliphatic heterocycles. The summed E-state index contributed by atoms with van der Waals surface area (Å²) in [4.78, 5) is 7.82. The molecule has 4 aromatic carbocycles. The fourth-order valence-electron chi connectivity index (χ4n) is 3.73. The van der Waals surface area contributed by atoms with E-state index in [1.54, 1.807) is 6.07 Å². The van der Waals surface area contributed by atoms with Gasteiger partial charge in [0, 0.05) is 18.7 Å². The molecule has 0 unspecified atom stereocenters. The van der Waals surface area contributed by atoms with Gasteiger partial charge in [0.2, 0.25) is 0 Å². The third kappa shape index (κ3) is 4.39. The normalized spacial score (nSPS) is 11.1. The molecule has 1 aromatic heterocycles. The van der Waals surface area contributed by atoms with E-state index in [9.17, 15) is 4.39 Å². The fourth-order valence-corrected chi connectivity index (χ4v) is 3.73. The summed E-state index contributed by atoms with van der Waals surface area (Å²) in [5.74, 6) is 0.471. The van der Waals surface area contributed by atoms with Crippen molar-refractivity contribution in [1.82, 2.24) is 15.3 Å². The molecule has 31 heavy (non-hydrogen) atoms. The Labute approximate surface area is 180 Å². The molecule has 0 fully saturated rings. The lowest BCUT2D eigenvalue weighted by atomic mass is 10.0. The second-order valence-corrected chi connectivity index (χ2v) is 7.61. The Balaban J connectivity index is 1.31. The summed E-state index contributed by atoms with van der Waals surface area (Å²) in [6.45, 7) is 1.68. The lowest BCUT2D eigenvalue weighted by molar-refractivity contribution is 0.629. The lowest BCUT2D eigenvalue weighted by Crippen LogP contribution is -2.12. The Morgan fingerprint density at radius 2 is 1.42 bits per heavy atom. The molecular weight excluding hydrogens is 385 g/mol. The second kappa shape index (κ2) is 8.54. The smallest absolute Gasteiger partial charge is 0.138 e. The molecule has 5 aromatic rings. The molecule has 0 radical (unpaired) electrons. The Hall–Kier alpha value is -3.76. The summed E-state index contributed by atoms with van der Waals surface area (Å²) in [6, 6.07) is 31.8. The van der Waals surface area contributed by atoms with E-state index in [1.165, 1.54) is 23.3 Å². The highest BCUT2D eigenvalue weighted by Gasteiger charge is 2.08. The molecule has 0 saturated heterocycles. The number of hydrogen-bond acceptors (Lipinski definition) is 2. The Bertz CT molecular complexity index is 1310. The van der Waals surface area contributed by atoms with Crippen molar-refractivity contribution < 1.29 is 4.39 Å². The van der Waals surface area contributed by atoms with Crippen molar-refractivity contribution in [1.29, 1.82) is 0 Å². The monoisotopic (exact) mass is 407 g/mol. The minimum Gasteiger partial charge on any atom is -0.338 e. The number of hydrogen-bond donors (Lipinski definition) is 2. The number of aromatic amines is 1. The van der Waals surface area contributed by atoms with Gasteiger partial charge in [0.05, 0.1) is 11.0 Å². The molecule has 0 amide bonds. The van der Waals surface area contributed by atoms with Crippen molar-refractivity contribution in [2.45, 2.75) is 13.1 Å². The van der Waals surface area contributed by atoms with Gasteiger partial charge in [0.25, 0.3) is 0 Å². The van der Waals surface area contributed by atoms with Crippen LogP contribution in [0.4, 0.5) is 4.39 Å². The highest BCUT2D eigenvalue weighted by molar-refractivity contribution is 5.80. The van der Waals surface area contributed by atoms with Gasteiger partial charge in [-0.3, -0.25) is 0 Å². The van der Waals surface area contributed by atoms with Crippen LogP contribution in [-0.2, 0) is 13.1 Å². The Kier molecular flexibility index (Phi) is 5.29. The van der Waals surface area contributed by atoms with Crippen LogP contribution in [-0.4, -0.2) is 9.97 Å². The van der Waals surface area contributed by atoms with Gasteiger partial charge in [-0.2, -0.15) is 0 Å². The van der Waals surface area contributed by atoms with Crippen LogP contribution in [0, 0.1) is 5.82 Å². The summed E-state index contributed by atoms with van der Waals surface area (Å²) < 4.78 is 13.5. The molecule has 2 N–H and O–H groups in total. The lowest BCUT2D eigenvalue weighted by Gasteiger charge is -2.08. The molecule has 1 heterocycles. The summed E-state index contributed by atoms with van der Waals surface area (Å²) >= 11 is 0. The average Bonchev–Trinajstić information content (AvgIpc) is 3.24. The standard InChI is InChI=1S/C27H22FN3/c28-24-13-14-25-26(16-24)31-27(30-25)23-8-4-7-22(15-23)21-11-9-20(10-12-21)18-29-17-19-5-2-1-3-6-19/h1-16,29H,17-18H2,(H,30,31). The predicted octanol–water partition coefficient (Wildman–Crippen LogP) is 6.33. The van der Waals surface area contributed by atoms with E-state index in [-0.39, 0.29) is 5.82 Å². The van der Waals surface area contributed by atoms with Crippen LogP contribution >= 0.6 is 0 Å². The van der Waals surface area contributed by atoms with Crippen molar-refractivity contribution in [3.63, 3.8) is 0 Å². The molecule has 0 saturated carbocycles. The number of imidazole rings is 1. The molecule has 0 aliphatic rings. The number of H-pyrrole nitrogens is 1. The topological polar surface area (TPSA) is 40.7 Å². The number of benzene rings is 4. The number of halogens is 1. The molecule has 0 bridgehead atoms. The molecule has 0 spiro atoms. The first-order valence-electron chi connectivity index (χ1n) is 10.3. The number of rotatable bonds is 6. The Morgan fingerprint density at radius 3 is 2.23 bits per heavy atom. The first-order valence-corrected chi connectivity index (χ1v) is 10.3. The van der Waals surface area contributed by atoms with E-state index >= 15 is 0 Å². The molecule has 0 atom stereocenters. The minimum absolute atomic E-state index is 0.269. The van der Waals surface area contributed by atoms with Crippen molar-refractivity contribution in [3.05, 3.63) is 114 Å².